The minimum atomic E-state index is -0.428. The number of amides is 1. The fourth-order valence-electron chi connectivity index (χ4n) is 4.74. The van der Waals surface area contributed by atoms with E-state index in [0.29, 0.717) is 24.0 Å². The molecule has 2 aromatic carbocycles. The monoisotopic (exact) mass is 431 g/mol. The van der Waals surface area contributed by atoms with E-state index in [1.165, 1.54) is 11.3 Å². The van der Waals surface area contributed by atoms with Crippen molar-refractivity contribution >= 4 is 23.4 Å². The van der Waals surface area contributed by atoms with Gasteiger partial charge in [-0.25, -0.2) is 0 Å². The van der Waals surface area contributed by atoms with Crippen molar-refractivity contribution in [3.8, 4) is 11.8 Å². The number of anilines is 2. The van der Waals surface area contributed by atoms with Gasteiger partial charge in [0.15, 0.2) is 0 Å². The van der Waals surface area contributed by atoms with Crippen LogP contribution in [0.3, 0.4) is 0 Å². The first-order chi connectivity index (χ1) is 15.2. The lowest BCUT2D eigenvalue weighted by atomic mass is 9.79. The molecule has 0 spiro atoms. The molecule has 1 aliphatic rings. The molecule has 168 valence electrons. The third-order valence-electron chi connectivity index (χ3n) is 6.16. The number of benzene rings is 2. The average molecular weight is 432 g/mol. The van der Waals surface area contributed by atoms with Crippen molar-refractivity contribution in [1.29, 1.82) is 5.26 Å². The maximum absolute atomic E-state index is 12.8. The smallest absolute Gasteiger partial charge is 0.266 e. The predicted octanol–water partition coefficient (Wildman–Crippen LogP) is 6.05. The van der Waals surface area contributed by atoms with Gasteiger partial charge in [0.05, 0.1) is 6.61 Å². The van der Waals surface area contributed by atoms with Crippen LogP contribution < -0.4 is 15.0 Å². The second kappa shape index (κ2) is 9.48. The van der Waals surface area contributed by atoms with E-state index in [1.54, 1.807) is 18.2 Å². The van der Waals surface area contributed by atoms with Crippen LogP contribution in [0.4, 0.5) is 11.4 Å². The summed E-state index contributed by atoms with van der Waals surface area (Å²) in [5, 5.41) is 12.5. The summed E-state index contributed by atoms with van der Waals surface area (Å²) in [7, 11) is 0. The summed E-state index contributed by atoms with van der Waals surface area (Å²) < 4.78 is 5.49. The zero-order valence-electron chi connectivity index (χ0n) is 20.0. The van der Waals surface area contributed by atoms with Crippen molar-refractivity contribution in [1.82, 2.24) is 0 Å². The molecule has 0 aromatic heterocycles. The van der Waals surface area contributed by atoms with Gasteiger partial charge in [-0.15, -0.1) is 0 Å². The normalized spacial score (nSPS) is 17.3. The fourth-order valence-corrected chi connectivity index (χ4v) is 4.74. The summed E-state index contributed by atoms with van der Waals surface area (Å²) in [6, 6.07) is 13.6. The van der Waals surface area contributed by atoms with Crippen molar-refractivity contribution in [3.63, 3.8) is 0 Å². The van der Waals surface area contributed by atoms with Crippen LogP contribution in [0.2, 0.25) is 0 Å². The van der Waals surface area contributed by atoms with Crippen LogP contribution in [0.1, 0.15) is 63.6 Å². The Morgan fingerprint density at radius 1 is 1.31 bits per heavy atom. The molecule has 0 bridgehead atoms. The molecule has 3 rings (SSSR count). The molecule has 5 heteroatoms. The lowest BCUT2D eigenvalue weighted by molar-refractivity contribution is -0.112. The lowest BCUT2D eigenvalue weighted by Crippen LogP contribution is -2.48. The number of fused-ring (bicyclic) bond motifs is 1. The van der Waals surface area contributed by atoms with Crippen LogP contribution in [-0.2, 0) is 4.79 Å². The van der Waals surface area contributed by atoms with Crippen molar-refractivity contribution < 1.29 is 9.53 Å². The van der Waals surface area contributed by atoms with E-state index in [4.69, 9.17) is 4.74 Å². The van der Waals surface area contributed by atoms with Crippen LogP contribution in [0.25, 0.3) is 6.08 Å². The number of carbonyl (C=O) groups excluding carboxylic acids is 1. The number of nitrogens with one attached hydrogen (secondary N) is 1. The SMILES string of the molecule is CCOc1cccc(NC(=O)/C(C#N)=C/c2cc3c(cc2C)N(CC)C(C)(C)CC3C)c1. The largest absolute Gasteiger partial charge is 0.494 e. The molecule has 1 N–H and O–H groups in total. The van der Waals surface area contributed by atoms with Gasteiger partial charge in [0.25, 0.3) is 5.91 Å². The molecular formula is C27H33N3O2. The fraction of sp³-hybridized carbons (Fsp3) is 0.407. The number of hydrogen-bond donors (Lipinski definition) is 1. The van der Waals surface area contributed by atoms with Gasteiger partial charge in [0, 0.05) is 29.5 Å². The number of nitrogens with zero attached hydrogens (tertiary/aromatic N) is 2. The molecule has 1 atom stereocenters. The summed E-state index contributed by atoms with van der Waals surface area (Å²) in [4.78, 5) is 15.3. The maximum Gasteiger partial charge on any atom is 0.266 e. The first-order valence-corrected chi connectivity index (χ1v) is 11.3. The quantitative estimate of drug-likeness (QED) is 0.446. The van der Waals surface area contributed by atoms with Crippen molar-refractivity contribution in [2.45, 2.75) is 59.4 Å². The van der Waals surface area contributed by atoms with Crippen LogP contribution in [0.15, 0.2) is 42.0 Å². The van der Waals surface area contributed by atoms with Crippen molar-refractivity contribution in [3.05, 3.63) is 58.7 Å². The van der Waals surface area contributed by atoms with E-state index < -0.39 is 5.91 Å². The average Bonchev–Trinajstić information content (AvgIpc) is 2.72. The first-order valence-electron chi connectivity index (χ1n) is 11.3. The zero-order valence-corrected chi connectivity index (χ0v) is 20.0. The number of nitriles is 1. The predicted molar refractivity (Wildman–Crippen MR) is 131 cm³/mol. The van der Waals surface area contributed by atoms with Crippen molar-refractivity contribution in [2.24, 2.45) is 0 Å². The van der Waals surface area contributed by atoms with Gasteiger partial charge >= 0.3 is 0 Å². The third-order valence-corrected chi connectivity index (χ3v) is 6.16. The Balaban J connectivity index is 1.93. The molecule has 32 heavy (non-hydrogen) atoms. The van der Waals surface area contributed by atoms with Gasteiger partial charge in [-0.3, -0.25) is 4.79 Å². The Morgan fingerprint density at radius 3 is 2.72 bits per heavy atom. The molecule has 0 aliphatic carbocycles. The second-order valence-corrected chi connectivity index (χ2v) is 9.01. The zero-order chi connectivity index (χ0) is 23.5. The summed E-state index contributed by atoms with van der Waals surface area (Å²) in [6.07, 6.45) is 2.75. The van der Waals surface area contributed by atoms with E-state index in [9.17, 15) is 10.1 Å². The summed E-state index contributed by atoms with van der Waals surface area (Å²) in [5.74, 6) is 0.648. The van der Waals surface area contributed by atoms with Gasteiger partial charge in [0.2, 0.25) is 0 Å². The standard InChI is InChI=1S/C27H33N3O2/c1-7-30-25-12-18(3)20(14-24(25)19(4)16-27(30,5)6)13-21(17-28)26(31)29-22-10-9-11-23(15-22)32-8-2/h9-15,19H,7-8,16H2,1-6H3,(H,29,31)/b21-13+. The molecule has 1 heterocycles. The molecule has 0 radical (unpaired) electrons. The minimum Gasteiger partial charge on any atom is -0.494 e. The van der Waals surface area contributed by atoms with Crippen LogP contribution in [0.5, 0.6) is 5.75 Å². The molecule has 1 unspecified atom stereocenters. The van der Waals surface area contributed by atoms with Crippen LogP contribution in [0, 0.1) is 18.3 Å². The highest BCUT2D eigenvalue weighted by Crippen LogP contribution is 2.44. The van der Waals surface area contributed by atoms with Gasteiger partial charge in [-0.05, 0) is 94.0 Å². The second-order valence-electron chi connectivity index (χ2n) is 9.01. The summed E-state index contributed by atoms with van der Waals surface area (Å²) in [5.41, 5.74) is 5.24. The Bertz CT molecular complexity index is 1080. The molecule has 0 saturated heterocycles. The molecule has 0 fully saturated rings. The van der Waals surface area contributed by atoms with E-state index >= 15 is 0 Å². The Hall–Kier alpha value is -3.26. The minimum absolute atomic E-state index is 0.0750. The molecule has 5 nitrogen and oxygen atoms in total. The van der Waals surface area contributed by atoms with E-state index in [-0.39, 0.29) is 11.1 Å². The summed E-state index contributed by atoms with van der Waals surface area (Å²) in [6.45, 7) is 14.4. The Kier molecular flexibility index (Phi) is 6.93. The highest BCUT2D eigenvalue weighted by molar-refractivity contribution is 6.09. The molecule has 2 aromatic rings. The lowest BCUT2D eigenvalue weighted by Gasteiger charge is -2.47. The van der Waals surface area contributed by atoms with Crippen molar-refractivity contribution in [2.75, 3.05) is 23.4 Å². The maximum atomic E-state index is 12.8. The highest BCUT2D eigenvalue weighted by Gasteiger charge is 2.35. The van der Waals surface area contributed by atoms with Crippen LogP contribution in [-0.4, -0.2) is 24.6 Å². The topological polar surface area (TPSA) is 65.4 Å². The van der Waals surface area contributed by atoms with E-state index in [2.05, 4.69) is 56.1 Å². The van der Waals surface area contributed by atoms with Gasteiger partial charge in [-0.1, -0.05) is 13.0 Å². The Morgan fingerprint density at radius 2 is 2.06 bits per heavy atom. The molecule has 0 saturated carbocycles. The number of carbonyl (C=O) groups is 1. The Labute approximate surface area is 191 Å². The van der Waals surface area contributed by atoms with E-state index in [1.807, 2.05) is 26.0 Å². The first kappa shape index (κ1) is 23.4. The third kappa shape index (κ3) is 4.80. The molecular weight excluding hydrogens is 398 g/mol. The van der Waals surface area contributed by atoms with Gasteiger partial charge < -0.3 is 15.0 Å². The molecule has 1 amide bonds. The van der Waals surface area contributed by atoms with E-state index in [0.717, 1.165) is 24.1 Å². The highest BCUT2D eigenvalue weighted by atomic mass is 16.5. The van der Waals surface area contributed by atoms with Gasteiger partial charge in [0.1, 0.15) is 17.4 Å². The number of hydrogen-bond acceptors (Lipinski definition) is 4. The van der Waals surface area contributed by atoms with Gasteiger partial charge in [-0.2, -0.15) is 5.26 Å². The number of rotatable bonds is 6. The van der Waals surface area contributed by atoms with Crippen LogP contribution >= 0.6 is 0 Å². The number of ether oxygens (including phenoxy) is 1. The summed E-state index contributed by atoms with van der Waals surface area (Å²) >= 11 is 0. The molecule has 1 aliphatic heterocycles. The number of aryl methyl sites for hydroxylation is 1.